The van der Waals surface area contributed by atoms with E-state index in [-0.39, 0.29) is 11.8 Å². The van der Waals surface area contributed by atoms with Crippen LogP contribution in [0.5, 0.6) is 0 Å². The maximum atomic E-state index is 12.8. The Labute approximate surface area is 169 Å². The van der Waals surface area contributed by atoms with Crippen LogP contribution in [0.4, 0.5) is 0 Å². The van der Waals surface area contributed by atoms with E-state index in [9.17, 15) is 4.79 Å². The molecule has 6 heteroatoms. The smallest absolute Gasteiger partial charge is 0.232 e. The monoisotopic (exact) mass is 392 g/mol. The van der Waals surface area contributed by atoms with Crippen molar-refractivity contribution in [1.29, 1.82) is 0 Å². The predicted molar refractivity (Wildman–Crippen MR) is 111 cm³/mol. The molecule has 28 heavy (non-hydrogen) atoms. The van der Waals surface area contributed by atoms with Gasteiger partial charge in [0.1, 0.15) is 5.82 Å². The van der Waals surface area contributed by atoms with E-state index in [1.54, 1.807) is 11.8 Å². The van der Waals surface area contributed by atoms with E-state index in [0.717, 1.165) is 37.4 Å². The average Bonchev–Trinajstić information content (AvgIpc) is 3.38. The van der Waals surface area contributed by atoms with Crippen molar-refractivity contribution in [3.05, 3.63) is 59.5 Å². The number of hydrogen-bond acceptors (Lipinski definition) is 4. The van der Waals surface area contributed by atoms with Gasteiger partial charge in [-0.05, 0) is 67.5 Å². The molecule has 0 radical (unpaired) electrons. The summed E-state index contributed by atoms with van der Waals surface area (Å²) in [5, 5.41) is 8.68. The summed E-state index contributed by atoms with van der Waals surface area (Å²) in [6.45, 7) is 1.58. The lowest BCUT2D eigenvalue weighted by molar-refractivity contribution is -0.129. The molecule has 0 spiro atoms. The van der Waals surface area contributed by atoms with Gasteiger partial charge in [0.15, 0.2) is 5.65 Å². The first kappa shape index (κ1) is 17.7. The summed E-state index contributed by atoms with van der Waals surface area (Å²) >= 11 is 1.67. The summed E-state index contributed by atoms with van der Waals surface area (Å²) in [6.07, 6.45) is 7.71. The number of piperidine rings is 1. The van der Waals surface area contributed by atoms with E-state index in [1.807, 2.05) is 29.3 Å². The lowest BCUT2D eigenvalue weighted by Crippen LogP contribution is -2.40. The number of aromatic nitrogens is 3. The van der Waals surface area contributed by atoms with Gasteiger partial charge in [0, 0.05) is 30.1 Å². The van der Waals surface area contributed by atoms with Crippen LogP contribution in [-0.4, -0.2) is 44.2 Å². The zero-order valence-electron chi connectivity index (χ0n) is 15.9. The van der Waals surface area contributed by atoms with E-state index < -0.39 is 0 Å². The molecule has 0 saturated carbocycles. The van der Waals surface area contributed by atoms with Crippen molar-refractivity contribution < 1.29 is 4.79 Å². The average molecular weight is 393 g/mol. The first-order valence-electron chi connectivity index (χ1n) is 10.1. The molecule has 1 atom stereocenters. The van der Waals surface area contributed by atoms with Gasteiger partial charge in [0.05, 0.1) is 5.75 Å². The molecule has 1 fully saturated rings. The van der Waals surface area contributed by atoms with Gasteiger partial charge in [-0.15, -0.1) is 22.0 Å². The van der Waals surface area contributed by atoms with E-state index >= 15 is 0 Å². The third-order valence-corrected chi connectivity index (χ3v) is 6.89. The Hall–Kier alpha value is -2.34. The summed E-state index contributed by atoms with van der Waals surface area (Å²) in [6, 6.07) is 12.6. The number of likely N-dealkylation sites (tertiary alicyclic amines) is 1. The zero-order chi connectivity index (χ0) is 18.9. The number of thioether (sulfide) groups is 1. The van der Waals surface area contributed by atoms with Crippen LogP contribution in [0.1, 0.15) is 42.1 Å². The molecule has 1 aliphatic heterocycles. The number of rotatable bonds is 4. The Morgan fingerprint density at radius 3 is 3.00 bits per heavy atom. The first-order chi connectivity index (χ1) is 13.8. The number of benzene rings is 1. The highest BCUT2D eigenvalue weighted by molar-refractivity contribution is 8.00. The number of aryl methyl sites for hydroxylation is 2. The lowest BCUT2D eigenvalue weighted by Gasteiger charge is -2.32. The summed E-state index contributed by atoms with van der Waals surface area (Å²) in [5.74, 6) is 1.95. The fourth-order valence-corrected chi connectivity index (χ4v) is 5.29. The van der Waals surface area contributed by atoms with Crippen LogP contribution in [-0.2, 0) is 17.6 Å². The van der Waals surface area contributed by atoms with Crippen LogP contribution in [0.25, 0.3) is 5.65 Å². The Morgan fingerprint density at radius 2 is 2.04 bits per heavy atom. The van der Waals surface area contributed by atoms with Gasteiger partial charge < -0.3 is 4.90 Å². The third kappa shape index (κ3) is 3.41. The number of amides is 1. The molecule has 0 unspecified atom stereocenters. The number of carbonyl (C=O) groups is 1. The van der Waals surface area contributed by atoms with E-state index in [1.165, 1.54) is 35.3 Å². The summed E-state index contributed by atoms with van der Waals surface area (Å²) in [7, 11) is 0. The van der Waals surface area contributed by atoms with Crippen molar-refractivity contribution >= 4 is 23.3 Å². The number of carbonyl (C=O) groups excluding carboxylic acids is 1. The number of fused-ring (bicyclic) bond motifs is 2. The highest BCUT2D eigenvalue weighted by atomic mass is 32.2. The Bertz CT molecular complexity index is 1010. The predicted octanol–water partition coefficient (Wildman–Crippen LogP) is 3.72. The van der Waals surface area contributed by atoms with Crippen LogP contribution in [0, 0.1) is 0 Å². The minimum Gasteiger partial charge on any atom is -0.341 e. The molecule has 5 nitrogen and oxygen atoms in total. The number of nitrogens with zero attached hydrogens (tertiary/aromatic N) is 4. The van der Waals surface area contributed by atoms with Crippen molar-refractivity contribution in [1.82, 2.24) is 19.5 Å². The van der Waals surface area contributed by atoms with E-state index in [0.29, 0.717) is 5.75 Å². The summed E-state index contributed by atoms with van der Waals surface area (Å²) in [5.41, 5.74) is 3.82. The second-order valence-electron chi connectivity index (χ2n) is 7.74. The van der Waals surface area contributed by atoms with Gasteiger partial charge >= 0.3 is 0 Å². The molecular formula is C22H24N4OS. The summed E-state index contributed by atoms with van der Waals surface area (Å²) < 4.78 is 2.05. The van der Waals surface area contributed by atoms with Crippen molar-refractivity contribution in [3.63, 3.8) is 0 Å². The van der Waals surface area contributed by atoms with Gasteiger partial charge in [-0.1, -0.05) is 12.1 Å². The van der Waals surface area contributed by atoms with Gasteiger partial charge in [-0.3, -0.25) is 9.20 Å². The van der Waals surface area contributed by atoms with Crippen molar-refractivity contribution in [3.8, 4) is 0 Å². The van der Waals surface area contributed by atoms with Gasteiger partial charge in [0.25, 0.3) is 0 Å². The van der Waals surface area contributed by atoms with Crippen LogP contribution in [0.15, 0.2) is 47.5 Å². The molecule has 2 aromatic heterocycles. The van der Waals surface area contributed by atoms with E-state index in [4.69, 9.17) is 0 Å². The molecule has 1 amide bonds. The SMILES string of the molecule is O=C(CSc1ccc2c(c1)CCC2)N1CCC[C@H](c2nnc3ccccn23)C1. The maximum Gasteiger partial charge on any atom is 0.232 e. The van der Waals surface area contributed by atoms with Crippen molar-refractivity contribution in [2.45, 2.75) is 42.9 Å². The second-order valence-corrected chi connectivity index (χ2v) is 8.79. The Kier molecular flexibility index (Phi) is 4.81. The molecule has 3 aromatic rings. The highest BCUT2D eigenvalue weighted by Crippen LogP contribution is 2.29. The molecular weight excluding hydrogens is 368 g/mol. The quantitative estimate of drug-likeness (QED) is 0.635. The first-order valence-corrected chi connectivity index (χ1v) is 11.1. The molecule has 0 bridgehead atoms. The minimum absolute atomic E-state index is 0.226. The van der Waals surface area contributed by atoms with Gasteiger partial charge in [-0.2, -0.15) is 0 Å². The topological polar surface area (TPSA) is 50.5 Å². The zero-order valence-corrected chi connectivity index (χ0v) is 16.7. The molecule has 5 rings (SSSR count). The molecule has 2 aliphatic rings. The summed E-state index contributed by atoms with van der Waals surface area (Å²) in [4.78, 5) is 16.1. The molecule has 1 saturated heterocycles. The third-order valence-electron chi connectivity index (χ3n) is 5.91. The molecule has 0 N–H and O–H groups in total. The highest BCUT2D eigenvalue weighted by Gasteiger charge is 2.27. The van der Waals surface area contributed by atoms with Crippen LogP contribution in [0.2, 0.25) is 0 Å². The minimum atomic E-state index is 0.226. The van der Waals surface area contributed by atoms with Crippen molar-refractivity contribution in [2.75, 3.05) is 18.8 Å². The fourth-order valence-electron chi connectivity index (χ4n) is 4.43. The van der Waals surface area contributed by atoms with Crippen LogP contribution >= 0.6 is 11.8 Å². The molecule has 3 heterocycles. The maximum absolute atomic E-state index is 12.8. The normalized spacial score (nSPS) is 19.1. The lowest BCUT2D eigenvalue weighted by atomic mass is 9.97. The number of hydrogen-bond donors (Lipinski definition) is 0. The molecule has 1 aromatic carbocycles. The molecule has 144 valence electrons. The second kappa shape index (κ2) is 7.59. The standard InChI is InChI=1S/C22H24N4OS/c27-21(15-28-19-10-9-16-5-3-6-17(16)13-19)25-11-4-7-18(14-25)22-24-23-20-8-1-2-12-26(20)22/h1-2,8-10,12-13,18H,3-7,11,14-15H2/t18-/m0/s1. The fraction of sp³-hybridized carbons (Fsp3) is 0.409. The van der Waals surface area contributed by atoms with Gasteiger partial charge in [-0.25, -0.2) is 0 Å². The van der Waals surface area contributed by atoms with E-state index in [2.05, 4.69) is 32.8 Å². The Balaban J connectivity index is 1.24. The van der Waals surface area contributed by atoms with Crippen molar-refractivity contribution in [2.24, 2.45) is 0 Å². The Morgan fingerprint density at radius 1 is 1.11 bits per heavy atom. The van der Waals surface area contributed by atoms with Crippen LogP contribution < -0.4 is 0 Å². The van der Waals surface area contributed by atoms with Gasteiger partial charge in [0.2, 0.25) is 5.91 Å². The largest absolute Gasteiger partial charge is 0.341 e. The molecule has 1 aliphatic carbocycles. The van der Waals surface area contributed by atoms with Crippen LogP contribution in [0.3, 0.4) is 0 Å². The number of pyridine rings is 1.